The first-order valence-corrected chi connectivity index (χ1v) is 9.55. The van der Waals surface area contributed by atoms with Gasteiger partial charge in [-0.05, 0) is 55.5 Å². The summed E-state index contributed by atoms with van der Waals surface area (Å²) >= 11 is 0. The summed E-state index contributed by atoms with van der Waals surface area (Å²) in [5, 5.41) is 11.3. The molecule has 1 aliphatic carbocycles. The van der Waals surface area contributed by atoms with Gasteiger partial charge in [0, 0.05) is 18.8 Å². The molecule has 9 heteroatoms. The number of pyridine rings is 1. The molecule has 0 bridgehead atoms. The number of guanidine groups is 1. The fraction of sp³-hybridized carbons (Fsp3) is 0.381. The van der Waals surface area contributed by atoms with Crippen molar-refractivity contribution < 1.29 is 22.7 Å². The second-order valence-electron chi connectivity index (χ2n) is 7.89. The highest BCUT2D eigenvalue weighted by atomic mass is 19.4. The van der Waals surface area contributed by atoms with Crippen LogP contribution in [0.4, 0.5) is 13.2 Å². The molecule has 1 aromatic carbocycles. The summed E-state index contributed by atoms with van der Waals surface area (Å²) in [6, 6.07) is 9.13. The van der Waals surface area contributed by atoms with Crippen molar-refractivity contribution in [1.82, 2.24) is 15.2 Å². The molecule has 2 atom stereocenters. The molecule has 0 unspecified atom stereocenters. The average Bonchev–Trinajstić information content (AvgIpc) is 3.50. The molecule has 2 fully saturated rings. The first-order chi connectivity index (χ1) is 14.1. The molecule has 1 saturated heterocycles. The first kappa shape index (κ1) is 20.2. The lowest BCUT2D eigenvalue weighted by atomic mass is 9.74. The normalized spacial score (nSPS) is 24.6. The summed E-state index contributed by atoms with van der Waals surface area (Å²) < 4.78 is 41.7. The van der Waals surface area contributed by atoms with Gasteiger partial charge in [-0.1, -0.05) is 12.1 Å². The van der Waals surface area contributed by atoms with Gasteiger partial charge in [-0.25, -0.2) is 0 Å². The molecule has 30 heavy (non-hydrogen) atoms. The van der Waals surface area contributed by atoms with E-state index in [1.54, 1.807) is 31.4 Å². The minimum absolute atomic E-state index is 0.0123. The van der Waals surface area contributed by atoms with Crippen molar-refractivity contribution in [1.29, 1.82) is 5.41 Å². The second-order valence-corrected chi connectivity index (χ2v) is 7.89. The number of hydrogen-bond acceptors (Lipinski definition) is 4. The number of nitrogens with one attached hydrogen (secondary N) is 2. The maximum Gasteiger partial charge on any atom is 0.573 e. The summed E-state index contributed by atoms with van der Waals surface area (Å²) in [6.07, 6.45) is -1.32. The molecule has 6 nitrogen and oxygen atoms in total. The van der Waals surface area contributed by atoms with Gasteiger partial charge in [0.1, 0.15) is 5.75 Å². The zero-order valence-electron chi connectivity index (χ0n) is 16.5. The van der Waals surface area contributed by atoms with Gasteiger partial charge in [0.05, 0.1) is 17.2 Å². The fourth-order valence-electron chi connectivity index (χ4n) is 4.09. The van der Waals surface area contributed by atoms with Crippen molar-refractivity contribution in [2.24, 2.45) is 11.8 Å². The molecule has 158 valence electrons. The van der Waals surface area contributed by atoms with E-state index >= 15 is 0 Å². The molecule has 0 spiro atoms. The molecule has 0 radical (unpaired) electrons. The van der Waals surface area contributed by atoms with Crippen molar-refractivity contribution in [3.05, 3.63) is 48.2 Å². The summed E-state index contributed by atoms with van der Waals surface area (Å²) in [4.78, 5) is 18.6. The molecule has 1 aromatic heterocycles. The van der Waals surface area contributed by atoms with Gasteiger partial charge in [-0.15, -0.1) is 13.2 Å². The maximum atomic E-state index is 12.9. The highest BCUT2D eigenvalue weighted by molar-refractivity contribution is 6.00. The van der Waals surface area contributed by atoms with E-state index in [1.165, 1.54) is 23.1 Å². The van der Waals surface area contributed by atoms with Crippen molar-refractivity contribution >= 4 is 11.9 Å². The third kappa shape index (κ3) is 3.71. The molecular formula is C21H21F3N4O2. The molecule has 1 amide bonds. The van der Waals surface area contributed by atoms with Crippen LogP contribution in [-0.2, 0) is 10.3 Å². The van der Waals surface area contributed by atoms with Gasteiger partial charge in [0.15, 0.2) is 5.96 Å². The van der Waals surface area contributed by atoms with E-state index in [9.17, 15) is 18.0 Å². The topological polar surface area (TPSA) is 78.3 Å². The van der Waals surface area contributed by atoms with Gasteiger partial charge in [-0.3, -0.25) is 20.1 Å². The second kappa shape index (κ2) is 7.00. The van der Waals surface area contributed by atoms with Crippen molar-refractivity contribution in [2.75, 3.05) is 7.05 Å². The van der Waals surface area contributed by atoms with Crippen molar-refractivity contribution in [2.45, 2.75) is 31.7 Å². The van der Waals surface area contributed by atoms with Crippen LogP contribution in [0.3, 0.4) is 0 Å². The number of amides is 1. The summed E-state index contributed by atoms with van der Waals surface area (Å²) in [6.45, 7) is 1.89. The van der Waals surface area contributed by atoms with Crippen LogP contribution in [0.2, 0.25) is 0 Å². The van der Waals surface area contributed by atoms with Crippen LogP contribution in [-0.4, -0.2) is 35.2 Å². The van der Waals surface area contributed by atoms with Gasteiger partial charge in [-0.2, -0.15) is 0 Å². The van der Waals surface area contributed by atoms with Crippen LogP contribution in [0.1, 0.15) is 25.3 Å². The van der Waals surface area contributed by atoms with Gasteiger partial charge < -0.3 is 10.1 Å². The summed E-state index contributed by atoms with van der Waals surface area (Å²) in [5.74, 6) is -0.540. The van der Waals surface area contributed by atoms with E-state index in [2.05, 4.69) is 15.0 Å². The lowest BCUT2D eigenvalue weighted by molar-refractivity contribution is -0.274. The zero-order valence-corrected chi connectivity index (χ0v) is 16.5. The van der Waals surface area contributed by atoms with Crippen LogP contribution in [0.25, 0.3) is 11.3 Å². The van der Waals surface area contributed by atoms with Crippen LogP contribution in [0, 0.1) is 17.2 Å². The number of carbonyl (C=O) groups excluding carboxylic acids is 1. The summed E-state index contributed by atoms with van der Waals surface area (Å²) in [5.41, 5.74) is 0.840. The Hall–Kier alpha value is -3.10. The first-order valence-electron chi connectivity index (χ1n) is 9.55. The minimum atomic E-state index is -4.78. The Labute approximate surface area is 171 Å². The maximum absolute atomic E-state index is 12.9. The standard InChI is InChI=1S/C21H21F3N4O2/c1-20(17(12-6-7-12)18(29)28(2)19(25)27-20)14-8-9-26-16(11-14)13-4-3-5-15(10-13)30-21(22,23)24/h3-5,8-12,17H,6-7H2,1-2H3,(H2,25,27)/t17-,20-/m1/s1. The van der Waals surface area contributed by atoms with E-state index in [1.807, 2.05) is 6.92 Å². The molecule has 2 aromatic rings. The smallest absolute Gasteiger partial charge is 0.406 e. The Bertz CT molecular complexity index is 1010. The number of halogens is 3. The Morgan fingerprint density at radius 2 is 2.00 bits per heavy atom. The number of ether oxygens (including phenoxy) is 1. The molecule has 4 rings (SSSR count). The predicted molar refractivity (Wildman–Crippen MR) is 104 cm³/mol. The van der Waals surface area contributed by atoms with E-state index in [0.29, 0.717) is 11.3 Å². The monoisotopic (exact) mass is 418 g/mol. The predicted octanol–water partition coefficient (Wildman–Crippen LogP) is 3.88. The number of aromatic nitrogens is 1. The molecule has 2 N–H and O–H groups in total. The minimum Gasteiger partial charge on any atom is -0.406 e. The average molecular weight is 418 g/mol. The van der Waals surface area contributed by atoms with E-state index in [4.69, 9.17) is 5.41 Å². The molecule has 2 aliphatic rings. The lowest BCUT2D eigenvalue weighted by Gasteiger charge is -2.46. The van der Waals surface area contributed by atoms with Gasteiger partial charge >= 0.3 is 6.36 Å². The number of carbonyl (C=O) groups is 1. The Morgan fingerprint density at radius 3 is 2.67 bits per heavy atom. The van der Waals surface area contributed by atoms with Crippen molar-refractivity contribution in [3.63, 3.8) is 0 Å². The molecule has 1 aliphatic heterocycles. The Balaban J connectivity index is 1.72. The highest BCUT2D eigenvalue weighted by Gasteiger charge is 2.53. The lowest BCUT2D eigenvalue weighted by Crippen LogP contribution is -2.64. The molecule has 2 heterocycles. The van der Waals surface area contributed by atoms with Crippen LogP contribution >= 0.6 is 0 Å². The SMILES string of the molecule is CN1C(=N)N[C@](C)(c2ccnc(-c3cccc(OC(F)(F)F)c3)c2)[C@H](C2CC2)C1=O. The number of alkyl halides is 3. The van der Waals surface area contributed by atoms with Crippen LogP contribution in [0.15, 0.2) is 42.6 Å². The largest absolute Gasteiger partial charge is 0.573 e. The van der Waals surface area contributed by atoms with E-state index in [-0.39, 0.29) is 29.5 Å². The van der Waals surface area contributed by atoms with Crippen LogP contribution < -0.4 is 10.1 Å². The number of hydrogen-bond donors (Lipinski definition) is 2. The van der Waals surface area contributed by atoms with E-state index in [0.717, 1.165) is 18.4 Å². The summed E-state index contributed by atoms with van der Waals surface area (Å²) in [7, 11) is 1.58. The third-order valence-corrected chi connectivity index (χ3v) is 5.75. The third-order valence-electron chi connectivity index (χ3n) is 5.75. The fourth-order valence-corrected chi connectivity index (χ4v) is 4.09. The van der Waals surface area contributed by atoms with Gasteiger partial charge in [0.25, 0.3) is 0 Å². The number of nitrogens with zero attached hydrogens (tertiary/aromatic N) is 2. The Morgan fingerprint density at radius 1 is 1.27 bits per heavy atom. The molecule has 1 saturated carbocycles. The Kier molecular flexibility index (Phi) is 4.71. The van der Waals surface area contributed by atoms with E-state index < -0.39 is 11.9 Å². The van der Waals surface area contributed by atoms with Gasteiger partial charge in [0.2, 0.25) is 5.91 Å². The van der Waals surface area contributed by atoms with Crippen molar-refractivity contribution in [3.8, 4) is 17.0 Å². The number of benzene rings is 1. The zero-order chi connectivity index (χ0) is 21.7. The molecular weight excluding hydrogens is 397 g/mol. The quantitative estimate of drug-likeness (QED) is 0.790. The number of rotatable bonds is 4. The van der Waals surface area contributed by atoms with Crippen LogP contribution in [0.5, 0.6) is 5.75 Å². The highest BCUT2D eigenvalue weighted by Crippen LogP contribution is 2.48.